The van der Waals surface area contributed by atoms with Crippen LogP contribution in [0, 0.1) is 17.8 Å². The maximum Gasteiger partial charge on any atom is 0.338 e. The number of benzene rings is 1. The fourth-order valence-electron chi connectivity index (χ4n) is 2.84. The first kappa shape index (κ1) is 19.3. The Morgan fingerprint density at radius 2 is 1.83 bits per heavy atom. The highest BCUT2D eigenvalue weighted by atomic mass is 32.2. The molecule has 1 aromatic carbocycles. The third-order valence-corrected chi connectivity index (χ3v) is 6.17. The second-order valence-electron chi connectivity index (χ2n) is 6.61. The SMILES string of the molecule is CCCSc1ccc(C(=O)OCC2O[C@H](O)C(C)[C@@H](C)[C@@H]2C)cc1. The van der Waals surface area contributed by atoms with Crippen LogP contribution in [-0.2, 0) is 9.47 Å². The van der Waals surface area contributed by atoms with E-state index in [-0.39, 0.29) is 30.5 Å². The Kier molecular flexibility index (Phi) is 7.14. The normalized spacial score (nSPS) is 30.1. The third kappa shape index (κ3) is 4.74. The standard InChI is InChI=1S/C19H28O4S/c1-5-10-24-16-8-6-15(7-9-16)19(21)22-11-17-13(3)12(2)14(4)18(20)23-17/h6-9,12-14,17-18,20H,5,10-11H2,1-4H3/t12-,13-,14?,17?,18-/m0/s1. The first-order valence-electron chi connectivity index (χ1n) is 8.67. The number of ether oxygens (including phenoxy) is 2. The first-order chi connectivity index (χ1) is 11.4. The van der Waals surface area contributed by atoms with Crippen LogP contribution < -0.4 is 0 Å². The molecule has 0 radical (unpaired) electrons. The van der Waals surface area contributed by atoms with Gasteiger partial charge in [-0.3, -0.25) is 0 Å². The molecule has 134 valence electrons. The van der Waals surface area contributed by atoms with Gasteiger partial charge in [0.1, 0.15) is 6.61 Å². The van der Waals surface area contributed by atoms with E-state index < -0.39 is 6.29 Å². The lowest BCUT2D eigenvalue weighted by Gasteiger charge is -2.41. The maximum atomic E-state index is 12.2. The van der Waals surface area contributed by atoms with Gasteiger partial charge in [0.25, 0.3) is 0 Å². The zero-order chi connectivity index (χ0) is 17.7. The van der Waals surface area contributed by atoms with E-state index in [4.69, 9.17) is 9.47 Å². The zero-order valence-electron chi connectivity index (χ0n) is 14.9. The number of aliphatic hydroxyl groups excluding tert-OH is 1. The minimum Gasteiger partial charge on any atom is -0.459 e. The second kappa shape index (κ2) is 8.88. The molecule has 1 fully saturated rings. The lowest BCUT2D eigenvalue weighted by Crippen LogP contribution is -2.46. The summed E-state index contributed by atoms with van der Waals surface area (Å²) in [5, 5.41) is 9.95. The number of rotatable bonds is 6. The van der Waals surface area contributed by atoms with Gasteiger partial charge in [-0.15, -0.1) is 11.8 Å². The Hall–Kier alpha value is -1.04. The van der Waals surface area contributed by atoms with Gasteiger partial charge in [0.15, 0.2) is 6.29 Å². The summed E-state index contributed by atoms with van der Waals surface area (Å²) in [7, 11) is 0. The van der Waals surface area contributed by atoms with Gasteiger partial charge < -0.3 is 14.6 Å². The summed E-state index contributed by atoms with van der Waals surface area (Å²) in [6.45, 7) is 8.46. The molecule has 1 N–H and O–H groups in total. The van der Waals surface area contributed by atoms with Gasteiger partial charge in [-0.25, -0.2) is 4.79 Å². The van der Waals surface area contributed by atoms with Gasteiger partial charge in [-0.05, 0) is 48.3 Å². The largest absolute Gasteiger partial charge is 0.459 e. The molecule has 1 aliphatic heterocycles. The molecule has 5 heteroatoms. The second-order valence-corrected chi connectivity index (χ2v) is 7.78. The van der Waals surface area contributed by atoms with Crippen molar-refractivity contribution in [2.45, 2.75) is 51.4 Å². The smallest absolute Gasteiger partial charge is 0.338 e. The van der Waals surface area contributed by atoms with E-state index in [1.165, 1.54) is 0 Å². The molecule has 24 heavy (non-hydrogen) atoms. The number of carbonyl (C=O) groups is 1. The molecule has 2 rings (SSSR count). The Labute approximate surface area is 148 Å². The van der Waals surface area contributed by atoms with Crippen LogP contribution in [0.3, 0.4) is 0 Å². The molecule has 5 atom stereocenters. The van der Waals surface area contributed by atoms with E-state index >= 15 is 0 Å². The van der Waals surface area contributed by atoms with Crippen LogP contribution in [0.25, 0.3) is 0 Å². The van der Waals surface area contributed by atoms with Crippen LogP contribution in [0.5, 0.6) is 0 Å². The van der Waals surface area contributed by atoms with Crippen LogP contribution in [0.1, 0.15) is 44.5 Å². The summed E-state index contributed by atoms with van der Waals surface area (Å²) in [4.78, 5) is 13.4. The minimum absolute atomic E-state index is 0.0834. The van der Waals surface area contributed by atoms with E-state index in [0.29, 0.717) is 11.5 Å². The van der Waals surface area contributed by atoms with E-state index in [1.54, 1.807) is 23.9 Å². The molecule has 0 spiro atoms. The van der Waals surface area contributed by atoms with Crippen LogP contribution in [0.4, 0.5) is 0 Å². The van der Waals surface area contributed by atoms with Crippen molar-refractivity contribution in [1.29, 1.82) is 0 Å². The number of thioether (sulfide) groups is 1. The fraction of sp³-hybridized carbons (Fsp3) is 0.632. The molecular weight excluding hydrogens is 324 g/mol. The monoisotopic (exact) mass is 352 g/mol. The first-order valence-corrected chi connectivity index (χ1v) is 9.66. The lowest BCUT2D eigenvalue weighted by atomic mass is 9.79. The number of hydrogen-bond acceptors (Lipinski definition) is 5. The third-order valence-electron chi connectivity index (χ3n) is 4.95. The van der Waals surface area contributed by atoms with Gasteiger partial charge in [0, 0.05) is 10.8 Å². The van der Waals surface area contributed by atoms with Crippen molar-refractivity contribution < 1.29 is 19.4 Å². The van der Waals surface area contributed by atoms with Gasteiger partial charge >= 0.3 is 5.97 Å². The lowest BCUT2D eigenvalue weighted by molar-refractivity contribution is -0.232. The Bertz CT molecular complexity index is 531. The molecule has 0 amide bonds. The average molecular weight is 352 g/mol. The van der Waals surface area contributed by atoms with E-state index in [2.05, 4.69) is 20.8 Å². The van der Waals surface area contributed by atoms with Crippen molar-refractivity contribution in [2.75, 3.05) is 12.4 Å². The van der Waals surface area contributed by atoms with E-state index in [9.17, 15) is 9.90 Å². The van der Waals surface area contributed by atoms with Gasteiger partial charge in [-0.1, -0.05) is 27.7 Å². The van der Waals surface area contributed by atoms with Gasteiger partial charge in [0.2, 0.25) is 0 Å². The van der Waals surface area contributed by atoms with Gasteiger partial charge in [-0.2, -0.15) is 0 Å². The molecule has 0 aromatic heterocycles. The van der Waals surface area contributed by atoms with Crippen molar-refractivity contribution in [3.63, 3.8) is 0 Å². The van der Waals surface area contributed by atoms with Crippen molar-refractivity contribution in [3.8, 4) is 0 Å². The molecule has 0 bridgehead atoms. The molecule has 0 aliphatic carbocycles. The van der Waals surface area contributed by atoms with Crippen molar-refractivity contribution >= 4 is 17.7 Å². The summed E-state index contributed by atoms with van der Waals surface area (Å²) in [6, 6.07) is 7.49. The molecule has 0 saturated carbocycles. The van der Waals surface area contributed by atoms with Crippen LogP contribution in [0.2, 0.25) is 0 Å². The predicted molar refractivity (Wildman–Crippen MR) is 96.1 cm³/mol. The van der Waals surface area contributed by atoms with Crippen molar-refractivity contribution in [1.82, 2.24) is 0 Å². The van der Waals surface area contributed by atoms with Crippen LogP contribution >= 0.6 is 11.8 Å². The number of esters is 1. The van der Waals surface area contributed by atoms with Crippen LogP contribution in [0.15, 0.2) is 29.2 Å². The minimum atomic E-state index is -0.797. The van der Waals surface area contributed by atoms with Gasteiger partial charge in [0.05, 0.1) is 11.7 Å². The maximum absolute atomic E-state index is 12.2. The number of aliphatic hydroxyl groups is 1. The highest BCUT2D eigenvalue weighted by molar-refractivity contribution is 7.99. The van der Waals surface area contributed by atoms with E-state index in [0.717, 1.165) is 17.1 Å². The molecule has 1 saturated heterocycles. The summed E-state index contributed by atoms with van der Waals surface area (Å²) in [5.74, 6) is 1.34. The highest BCUT2D eigenvalue weighted by Crippen LogP contribution is 2.34. The molecule has 1 aromatic rings. The highest BCUT2D eigenvalue weighted by Gasteiger charge is 2.38. The van der Waals surface area contributed by atoms with Crippen molar-refractivity contribution in [3.05, 3.63) is 29.8 Å². The zero-order valence-corrected chi connectivity index (χ0v) is 15.7. The Morgan fingerprint density at radius 1 is 1.17 bits per heavy atom. The average Bonchev–Trinajstić information content (AvgIpc) is 2.60. The Balaban J connectivity index is 1.88. The topological polar surface area (TPSA) is 55.8 Å². The molecule has 1 aliphatic rings. The summed E-state index contributed by atoms with van der Waals surface area (Å²) >= 11 is 1.78. The quantitative estimate of drug-likeness (QED) is 0.620. The van der Waals surface area contributed by atoms with E-state index in [1.807, 2.05) is 19.1 Å². The van der Waals surface area contributed by atoms with Crippen LogP contribution in [-0.4, -0.2) is 35.8 Å². The number of carbonyl (C=O) groups excluding carboxylic acids is 1. The summed E-state index contributed by atoms with van der Waals surface area (Å²) in [5.41, 5.74) is 0.543. The van der Waals surface area contributed by atoms with Crippen molar-refractivity contribution in [2.24, 2.45) is 17.8 Å². The number of hydrogen-bond donors (Lipinski definition) is 1. The Morgan fingerprint density at radius 3 is 2.46 bits per heavy atom. The summed E-state index contributed by atoms with van der Waals surface area (Å²) < 4.78 is 11.0. The fourth-order valence-corrected chi connectivity index (χ4v) is 3.61. The molecular formula is C19H28O4S. The molecule has 4 nitrogen and oxygen atoms in total. The molecule has 1 heterocycles. The molecule has 2 unspecified atom stereocenters. The predicted octanol–water partition coefficient (Wildman–Crippen LogP) is 3.97. The summed E-state index contributed by atoms with van der Waals surface area (Å²) in [6.07, 6.45) is 0.0565.